The van der Waals surface area contributed by atoms with E-state index in [4.69, 9.17) is 18.9 Å². The van der Waals surface area contributed by atoms with Gasteiger partial charge in [-0.1, -0.05) is 0 Å². The monoisotopic (exact) mass is 206 g/mol. The minimum Gasteiger partial charge on any atom is -0.362 e. The maximum Gasteiger partial charge on any atom is 0.221 e. The molecule has 1 saturated heterocycles. The van der Waals surface area contributed by atoms with Crippen molar-refractivity contribution in [3.8, 4) is 0 Å². The molecule has 0 aromatic rings. The van der Waals surface area contributed by atoms with E-state index in [0.717, 1.165) is 0 Å². The van der Waals surface area contributed by atoms with Gasteiger partial charge in [0.25, 0.3) is 0 Å². The largest absolute Gasteiger partial charge is 0.362 e. The van der Waals surface area contributed by atoms with E-state index in [1.807, 2.05) is 4.90 Å². The molecule has 0 spiro atoms. The third-order valence-corrected chi connectivity index (χ3v) is 2.23. The molecule has 6 heteroatoms. The summed E-state index contributed by atoms with van der Waals surface area (Å²) in [6.07, 6.45) is -0.787. The summed E-state index contributed by atoms with van der Waals surface area (Å²) in [7, 11) is 6.42. The molecule has 0 aromatic heterocycles. The van der Waals surface area contributed by atoms with Crippen LogP contribution in [0.25, 0.3) is 0 Å². The first-order chi connectivity index (χ1) is 6.78. The van der Waals surface area contributed by atoms with Gasteiger partial charge in [-0.25, -0.2) is 4.90 Å². The Morgan fingerprint density at radius 1 is 1.14 bits per heavy atom. The average Bonchev–Trinajstić information content (AvgIpc) is 2.62. The summed E-state index contributed by atoms with van der Waals surface area (Å²) in [5, 5.41) is 3.13. The minimum atomic E-state index is -0.424. The van der Waals surface area contributed by atoms with Crippen molar-refractivity contribution in [2.45, 2.75) is 18.9 Å². The van der Waals surface area contributed by atoms with Crippen molar-refractivity contribution >= 4 is 0 Å². The Balaban J connectivity index is 2.60. The lowest BCUT2D eigenvalue weighted by molar-refractivity contribution is -0.238. The first kappa shape index (κ1) is 11.8. The lowest BCUT2D eigenvalue weighted by atomic mass is 10.5. The Labute approximate surface area is 84.1 Å². The van der Waals surface area contributed by atoms with E-state index in [1.54, 1.807) is 28.4 Å². The summed E-state index contributed by atoms with van der Waals surface area (Å²) in [5.41, 5.74) is 0. The highest BCUT2D eigenvalue weighted by Crippen LogP contribution is 2.16. The van der Waals surface area contributed by atoms with Crippen molar-refractivity contribution in [2.24, 2.45) is 0 Å². The van der Waals surface area contributed by atoms with Crippen molar-refractivity contribution in [1.29, 1.82) is 0 Å². The predicted octanol–water partition coefficient (Wildman–Crippen LogP) is -0.629. The van der Waals surface area contributed by atoms with Crippen molar-refractivity contribution in [3.05, 3.63) is 0 Å². The van der Waals surface area contributed by atoms with Crippen LogP contribution in [0.15, 0.2) is 0 Å². The van der Waals surface area contributed by atoms with Crippen molar-refractivity contribution in [2.75, 3.05) is 35.1 Å². The van der Waals surface area contributed by atoms with Crippen LogP contribution in [0.5, 0.6) is 0 Å². The summed E-state index contributed by atoms with van der Waals surface area (Å²) < 4.78 is 20.8. The normalized spacial score (nSPS) is 28.9. The molecule has 0 aliphatic carbocycles. The Bertz CT molecular complexity index is 165. The lowest BCUT2D eigenvalue weighted by Crippen LogP contribution is -2.45. The molecule has 14 heavy (non-hydrogen) atoms. The predicted molar refractivity (Wildman–Crippen MR) is 49.2 cm³/mol. The third kappa shape index (κ3) is 2.22. The minimum absolute atomic E-state index is 0.159. The van der Waals surface area contributed by atoms with Gasteiger partial charge in [0, 0.05) is 28.4 Å². The molecule has 0 saturated carbocycles. The fourth-order valence-corrected chi connectivity index (χ4v) is 1.58. The van der Waals surface area contributed by atoms with Crippen molar-refractivity contribution in [1.82, 2.24) is 10.2 Å². The molecule has 0 amide bonds. The molecule has 1 N–H and O–H groups in total. The van der Waals surface area contributed by atoms with Gasteiger partial charge in [-0.3, -0.25) is 5.32 Å². The number of hydrogen-bond donors (Lipinski definition) is 1. The van der Waals surface area contributed by atoms with Gasteiger partial charge in [0.15, 0.2) is 6.23 Å². The number of hydrogen-bond acceptors (Lipinski definition) is 6. The maximum absolute atomic E-state index is 5.29. The van der Waals surface area contributed by atoms with Crippen LogP contribution >= 0.6 is 0 Å². The molecule has 0 radical (unpaired) electrons. The molecule has 1 fully saturated rings. The average molecular weight is 206 g/mol. The zero-order valence-electron chi connectivity index (χ0n) is 9.02. The molecule has 2 unspecified atom stereocenters. The second kappa shape index (κ2) is 5.59. The van der Waals surface area contributed by atoms with E-state index in [0.29, 0.717) is 6.67 Å². The Morgan fingerprint density at radius 3 is 2.21 bits per heavy atom. The zero-order chi connectivity index (χ0) is 10.6. The topological polar surface area (TPSA) is 52.2 Å². The molecular formula is C8H18N2O4. The fraction of sp³-hybridized carbons (Fsp3) is 1.00. The van der Waals surface area contributed by atoms with E-state index < -0.39 is 6.41 Å². The lowest BCUT2D eigenvalue weighted by Gasteiger charge is -2.29. The van der Waals surface area contributed by atoms with Crippen LogP contribution < -0.4 is 5.32 Å². The summed E-state index contributed by atoms with van der Waals surface area (Å²) in [6.45, 7) is 0.601. The van der Waals surface area contributed by atoms with E-state index in [-0.39, 0.29) is 12.5 Å². The van der Waals surface area contributed by atoms with Gasteiger partial charge in [-0.2, -0.15) is 0 Å². The van der Waals surface area contributed by atoms with Gasteiger partial charge in [0.05, 0.1) is 6.67 Å². The van der Waals surface area contributed by atoms with E-state index >= 15 is 0 Å². The second-order valence-electron chi connectivity index (χ2n) is 2.94. The summed E-state index contributed by atoms with van der Waals surface area (Å²) in [4.78, 5) is 1.88. The molecular weight excluding hydrogens is 188 g/mol. The van der Waals surface area contributed by atoms with Crippen LogP contribution in [-0.4, -0.2) is 58.9 Å². The van der Waals surface area contributed by atoms with Crippen LogP contribution in [0, 0.1) is 0 Å². The van der Waals surface area contributed by atoms with E-state index in [1.165, 1.54) is 0 Å². The molecule has 0 aromatic carbocycles. The van der Waals surface area contributed by atoms with E-state index in [2.05, 4.69) is 5.32 Å². The fourth-order valence-electron chi connectivity index (χ4n) is 1.58. The van der Waals surface area contributed by atoms with Crippen LogP contribution in [-0.2, 0) is 18.9 Å². The number of ether oxygens (including phenoxy) is 4. The van der Waals surface area contributed by atoms with Gasteiger partial charge < -0.3 is 18.9 Å². The molecule has 1 aliphatic rings. The number of methoxy groups -OCH3 is 4. The highest BCUT2D eigenvalue weighted by molar-refractivity contribution is 4.77. The maximum atomic E-state index is 5.29. The standard InChI is InChI=1S/C8H18N2O4/c1-11-6-7(12-2)10(5-9-6)8(13-3)14-4/h6-9H,5H2,1-4H3. The highest BCUT2D eigenvalue weighted by Gasteiger charge is 2.38. The van der Waals surface area contributed by atoms with Crippen molar-refractivity contribution in [3.63, 3.8) is 0 Å². The van der Waals surface area contributed by atoms with Gasteiger partial charge >= 0.3 is 0 Å². The second-order valence-corrected chi connectivity index (χ2v) is 2.94. The first-order valence-corrected chi connectivity index (χ1v) is 4.38. The van der Waals surface area contributed by atoms with Crippen LogP contribution in [0.1, 0.15) is 0 Å². The SMILES string of the molecule is COC1NCN(C(OC)OC)C1OC. The Kier molecular flexibility index (Phi) is 4.73. The Morgan fingerprint density at radius 2 is 1.79 bits per heavy atom. The number of nitrogens with one attached hydrogen (secondary N) is 1. The molecule has 6 nitrogen and oxygen atoms in total. The summed E-state index contributed by atoms with van der Waals surface area (Å²) in [5.74, 6) is 0. The third-order valence-electron chi connectivity index (χ3n) is 2.23. The number of nitrogens with zero attached hydrogens (tertiary/aromatic N) is 1. The summed E-state index contributed by atoms with van der Waals surface area (Å²) in [6, 6.07) is 0. The number of rotatable bonds is 5. The molecule has 1 heterocycles. The van der Waals surface area contributed by atoms with Crippen LogP contribution in [0.3, 0.4) is 0 Å². The zero-order valence-corrected chi connectivity index (χ0v) is 9.02. The quantitative estimate of drug-likeness (QED) is 0.604. The van der Waals surface area contributed by atoms with Crippen LogP contribution in [0.4, 0.5) is 0 Å². The smallest absolute Gasteiger partial charge is 0.221 e. The van der Waals surface area contributed by atoms with Gasteiger partial charge in [0.2, 0.25) is 6.41 Å². The molecule has 1 aliphatic heterocycles. The van der Waals surface area contributed by atoms with Crippen molar-refractivity contribution < 1.29 is 18.9 Å². The van der Waals surface area contributed by atoms with Gasteiger partial charge in [-0.15, -0.1) is 0 Å². The molecule has 0 bridgehead atoms. The van der Waals surface area contributed by atoms with Gasteiger partial charge in [0.1, 0.15) is 6.23 Å². The molecule has 2 atom stereocenters. The molecule has 1 rings (SSSR count). The molecule has 84 valence electrons. The summed E-state index contributed by atoms with van der Waals surface area (Å²) >= 11 is 0. The van der Waals surface area contributed by atoms with E-state index in [9.17, 15) is 0 Å². The Hall–Kier alpha value is -0.240. The first-order valence-electron chi connectivity index (χ1n) is 4.38. The highest BCUT2D eigenvalue weighted by atomic mass is 16.7. The van der Waals surface area contributed by atoms with Crippen LogP contribution in [0.2, 0.25) is 0 Å². The van der Waals surface area contributed by atoms with Gasteiger partial charge in [-0.05, 0) is 0 Å².